The predicted molar refractivity (Wildman–Crippen MR) is 237 cm³/mol. The van der Waals surface area contributed by atoms with E-state index < -0.39 is 5.41 Å². The van der Waals surface area contributed by atoms with Crippen LogP contribution in [0.2, 0.25) is 0 Å². The molecule has 0 saturated heterocycles. The molecule has 0 atom stereocenters. The Hall–Kier alpha value is -6.91. The molecule has 57 heavy (non-hydrogen) atoms. The molecule has 2 aromatic heterocycles. The van der Waals surface area contributed by atoms with E-state index in [4.69, 9.17) is 4.98 Å². The van der Waals surface area contributed by atoms with Crippen LogP contribution >= 0.6 is 0 Å². The lowest BCUT2D eigenvalue weighted by atomic mass is 9.67. The van der Waals surface area contributed by atoms with Crippen LogP contribution in [0.5, 0.6) is 0 Å². The fourth-order valence-corrected chi connectivity index (χ4v) is 9.74. The van der Waals surface area contributed by atoms with Crippen molar-refractivity contribution in [1.29, 1.82) is 0 Å². The van der Waals surface area contributed by atoms with Crippen LogP contribution < -0.4 is 9.80 Å². The van der Waals surface area contributed by atoms with Gasteiger partial charge in [0.2, 0.25) is 0 Å². The van der Waals surface area contributed by atoms with Gasteiger partial charge >= 0.3 is 0 Å². The highest BCUT2D eigenvalue weighted by Crippen LogP contribution is 2.57. The van der Waals surface area contributed by atoms with Gasteiger partial charge in [0, 0.05) is 28.2 Å². The minimum absolute atomic E-state index is 0.0314. The lowest BCUT2D eigenvalue weighted by Gasteiger charge is -2.36. The third-order valence-electron chi connectivity index (χ3n) is 12.3. The second-order valence-electron chi connectivity index (χ2n) is 16.4. The number of nitrogens with zero attached hydrogens (tertiary/aromatic N) is 4. The molecule has 0 N–H and O–H groups in total. The molecule has 0 saturated carbocycles. The molecule has 3 heterocycles. The van der Waals surface area contributed by atoms with Crippen LogP contribution in [0.4, 0.5) is 17.1 Å². The molecule has 2 aliphatic rings. The Kier molecular flexibility index (Phi) is 7.36. The van der Waals surface area contributed by atoms with E-state index in [1.165, 1.54) is 66.8 Å². The van der Waals surface area contributed by atoms with Gasteiger partial charge in [-0.15, -0.1) is 0 Å². The average molecular weight is 735 g/mol. The summed E-state index contributed by atoms with van der Waals surface area (Å²) in [5.41, 5.74) is 15.3. The average Bonchev–Trinajstić information content (AvgIpc) is 3.91. The number of pyridine rings is 1. The highest BCUT2D eigenvalue weighted by Gasteiger charge is 2.46. The Labute approximate surface area is 333 Å². The van der Waals surface area contributed by atoms with Crippen molar-refractivity contribution < 1.29 is 0 Å². The van der Waals surface area contributed by atoms with Crippen LogP contribution in [0.3, 0.4) is 0 Å². The monoisotopic (exact) mass is 734 g/mol. The summed E-state index contributed by atoms with van der Waals surface area (Å²) in [5, 5.41) is 2.42. The molecule has 1 aliphatic heterocycles. The van der Waals surface area contributed by atoms with Crippen molar-refractivity contribution in [3.8, 4) is 28.1 Å². The summed E-state index contributed by atoms with van der Waals surface area (Å²) in [4.78, 5) is 10.0. The topological polar surface area (TPSA) is 24.3 Å². The summed E-state index contributed by atoms with van der Waals surface area (Å²) >= 11 is 0. The zero-order valence-electron chi connectivity index (χ0n) is 32.4. The summed E-state index contributed by atoms with van der Waals surface area (Å²) < 4.78 is 2.36. The van der Waals surface area contributed by atoms with Crippen molar-refractivity contribution in [3.63, 3.8) is 0 Å². The Balaban J connectivity index is 1.17. The van der Waals surface area contributed by atoms with Gasteiger partial charge in [0.15, 0.2) is 0 Å². The SMILES string of the molecule is CC(C)(C)N1CN(c2cccc(C3(c4ccc5c6ccccc6n(-c6cc(-c7ccccc7)ccn6)c5c4)c4ccccc4-c4ccccc43)c2)c2ccccc21. The third-order valence-corrected chi connectivity index (χ3v) is 12.3. The quantitative estimate of drug-likeness (QED) is 0.176. The highest BCUT2D eigenvalue weighted by atomic mass is 15.4. The zero-order valence-corrected chi connectivity index (χ0v) is 32.4. The number of aromatic nitrogens is 2. The van der Waals surface area contributed by atoms with E-state index in [1.807, 2.05) is 6.20 Å². The number of para-hydroxylation sites is 3. The summed E-state index contributed by atoms with van der Waals surface area (Å²) in [5.74, 6) is 0.902. The zero-order chi connectivity index (χ0) is 38.3. The fourth-order valence-electron chi connectivity index (χ4n) is 9.74. The first kappa shape index (κ1) is 33.4. The minimum atomic E-state index is -0.582. The molecule has 7 aromatic carbocycles. The lowest BCUT2D eigenvalue weighted by Crippen LogP contribution is -2.42. The van der Waals surface area contributed by atoms with Crippen molar-refractivity contribution >= 4 is 38.9 Å². The molecule has 0 fully saturated rings. The molecule has 4 heteroatoms. The molecule has 0 unspecified atom stereocenters. The molecule has 9 aromatic rings. The Morgan fingerprint density at radius 2 is 1.16 bits per heavy atom. The van der Waals surface area contributed by atoms with Gasteiger partial charge in [0.25, 0.3) is 0 Å². The summed E-state index contributed by atoms with van der Waals surface area (Å²) in [6.45, 7) is 7.68. The van der Waals surface area contributed by atoms with Gasteiger partial charge in [-0.25, -0.2) is 4.98 Å². The highest BCUT2D eigenvalue weighted by molar-refractivity contribution is 6.09. The number of hydrogen-bond acceptors (Lipinski definition) is 3. The van der Waals surface area contributed by atoms with Crippen LogP contribution in [0.15, 0.2) is 188 Å². The number of rotatable bonds is 5. The lowest BCUT2D eigenvalue weighted by molar-refractivity contribution is 0.518. The van der Waals surface area contributed by atoms with E-state index in [0.717, 1.165) is 29.1 Å². The number of hydrogen-bond donors (Lipinski definition) is 0. The summed E-state index contributed by atoms with van der Waals surface area (Å²) in [7, 11) is 0. The second-order valence-corrected chi connectivity index (χ2v) is 16.4. The Bertz CT molecular complexity index is 2960. The molecule has 4 nitrogen and oxygen atoms in total. The smallest absolute Gasteiger partial charge is 0.138 e. The first-order valence-corrected chi connectivity index (χ1v) is 19.9. The maximum Gasteiger partial charge on any atom is 0.138 e. The van der Waals surface area contributed by atoms with Crippen LogP contribution in [-0.4, -0.2) is 21.8 Å². The van der Waals surface area contributed by atoms with Gasteiger partial charge in [-0.1, -0.05) is 133 Å². The maximum absolute atomic E-state index is 5.03. The van der Waals surface area contributed by atoms with E-state index in [9.17, 15) is 0 Å². The molecule has 1 aliphatic carbocycles. The fraction of sp³-hybridized carbons (Fsp3) is 0.113. The molecule has 0 bridgehead atoms. The normalized spacial score (nSPS) is 14.2. The molecular weight excluding hydrogens is 693 g/mol. The summed E-state index contributed by atoms with van der Waals surface area (Å²) in [6, 6.07) is 67.0. The Morgan fingerprint density at radius 1 is 0.509 bits per heavy atom. The molecule has 0 radical (unpaired) electrons. The van der Waals surface area contributed by atoms with Gasteiger partial charge < -0.3 is 9.80 Å². The molecule has 0 spiro atoms. The van der Waals surface area contributed by atoms with Crippen LogP contribution in [0.25, 0.3) is 49.9 Å². The molecule has 0 amide bonds. The first-order chi connectivity index (χ1) is 27.9. The molecule has 11 rings (SSSR count). The van der Waals surface area contributed by atoms with Crippen molar-refractivity contribution in [1.82, 2.24) is 9.55 Å². The number of benzene rings is 7. The van der Waals surface area contributed by atoms with Gasteiger partial charge in [0.05, 0.1) is 34.5 Å². The second kappa shape index (κ2) is 12.6. The standard InChI is InChI=1S/C53H42N4/c1-52(2,3)56-35-55(48-26-13-14-27-49(48)56)40-19-15-18-38(33-40)53(45-23-10-7-20-41(45)42-21-8-11-24-46(42)53)39-28-29-44-43-22-9-12-25-47(43)57(50(44)34-39)51-32-37(30-31-54-51)36-16-5-4-6-17-36/h4-34H,35H2,1-3H3. The van der Waals surface area contributed by atoms with E-state index in [2.05, 4.69) is 217 Å². The Morgan fingerprint density at radius 3 is 1.93 bits per heavy atom. The third kappa shape index (κ3) is 4.96. The number of anilines is 3. The van der Waals surface area contributed by atoms with Crippen molar-refractivity contribution in [2.75, 3.05) is 16.5 Å². The van der Waals surface area contributed by atoms with Crippen LogP contribution in [0, 0.1) is 0 Å². The van der Waals surface area contributed by atoms with E-state index in [-0.39, 0.29) is 5.54 Å². The van der Waals surface area contributed by atoms with Gasteiger partial charge in [-0.05, 0) is 114 Å². The maximum atomic E-state index is 5.03. The van der Waals surface area contributed by atoms with Crippen molar-refractivity contribution in [3.05, 3.63) is 210 Å². The number of fused-ring (bicyclic) bond motifs is 7. The van der Waals surface area contributed by atoms with E-state index in [0.29, 0.717) is 0 Å². The van der Waals surface area contributed by atoms with E-state index in [1.54, 1.807) is 0 Å². The van der Waals surface area contributed by atoms with Gasteiger partial charge in [0.1, 0.15) is 5.82 Å². The van der Waals surface area contributed by atoms with Crippen LogP contribution in [-0.2, 0) is 5.41 Å². The first-order valence-electron chi connectivity index (χ1n) is 19.9. The largest absolute Gasteiger partial charge is 0.347 e. The van der Waals surface area contributed by atoms with Crippen molar-refractivity contribution in [2.45, 2.75) is 31.7 Å². The van der Waals surface area contributed by atoms with Crippen LogP contribution in [0.1, 0.15) is 43.0 Å². The minimum Gasteiger partial charge on any atom is -0.347 e. The predicted octanol–water partition coefficient (Wildman–Crippen LogP) is 12.9. The van der Waals surface area contributed by atoms with Crippen molar-refractivity contribution in [2.24, 2.45) is 0 Å². The molecule has 274 valence electrons. The van der Waals surface area contributed by atoms with E-state index >= 15 is 0 Å². The van der Waals surface area contributed by atoms with Gasteiger partial charge in [-0.3, -0.25) is 4.57 Å². The summed E-state index contributed by atoms with van der Waals surface area (Å²) in [6.07, 6.45) is 1.94. The molecular formula is C53H42N4. The van der Waals surface area contributed by atoms with Gasteiger partial charge in [-0.2, -0.15) is 0 Å².